The van der Waals surface area contributed by atoms with Gasteiger partial charge in [-0.1, -0.05) is 37.0 Å². The van der Waals surface area contributed by atoms with E-state index in [-0.39, 0.29) is 0 Å². The maximum Gasteiger partial charge on any atom is 0.150 e. The minimum atomic E-state index is 0.573. The lowest BCUT2D eigenvalue weighted by Gasteiger charge is -2.36. The summed E-state index contributed by atoms with van der Waals surface area (Å²) in [5, 5.41) is 4.38. The predicted octanol–water partition coefficient (Wildman–Crippen LogP) is 3.60. The van der Waals surface area contributed by atoms with Crippen LogP contribution in [0.4, 0.5) is 11.6 Å². The molecule has 1 fully saturated rings. The quantitative estimate of drug-likeness (QED) is 0.893. The maximum absolute atomic E-state index is 6.33. The maximum atomic E-state index is 6.33. The van der Waals surface area contributed by atoms with Gasteiger partial charge >= 0.3 is 0 Å². The number of nitrogens with zero attached hydrogens (tertiary/aromatic N) is 3. The van der Waals surface area contributed by atoms with Crippen molar-refractivity contribution in [1.29, 1.82) is 0 Å². The molecular formula is C15H24Cl2N4. The zero-order chi connectivity index (χ0) is 15.4. The third-order valence-corrected chi connectivity index (χ3v) is 4.12. The Kier molecular flexibility index (Phi) is 5.97. The molecule has 2 heterocycles. The second-order valence-electron chi connectivity index (χ2n) is 5.84. The van der Waals surface area contributed by atoms with Crippen molar-refractivity contribution in [3.05, 3.63) is 16.1 Å². The minimum Gasteiger partial charge on any atom is -0.369 e. The van der Waals surface area contributed by atoms with Crippen LogP contribution < -0.4 is 10.2 Å². The lowest BCUT2D eigenvalue weighted by molar-refractivity contribution is 0.231. The molecule has 0 spiro atoms. The van der Waals surface area contributed by atoms with E-state index in [1.807, 2.05) is 6.92 Å². The van der Waals surface area contributed by atoms with Gasteiger partial charge in [-0.2, -0.15) is 0 Å². The minimum absolute atomic E-state index is 0.573. The molecule has 1 saturated heterocycles. The monoisotopic (exact) mass is 330 g/mol. The van der Waals surface area contributed by atoms with Gasteiger partial charge in [0.05, 0.1) is 10.0 Å². The molecule has 1 N–H and O–H groups in total. The summed E-state index contributed by atoms with van der Waals surface area (Å²) in [6.45, 7) is 12.5. The van der Waals surface area contributed by atoms with Gasteiger partial charge in [-0.3, -0.25) is 4.90 Å². The van der Waals surface area contributed by atoms with Gasteiger partial charge in [-0.05, 0) is 18.9 Å². The fraction of sp³-hybridized carbons (Fsp3) is 0.667. The van der Waals surface area contributed by atoms with E-state index in [4.69, 9.17) is 23.2 Å². The number of anilines is 2. The molecule has 4 nitrogen and oxygen atoms in total. The normalized spacial score (nSPS) is 16.6. The molecule has 0 bridgehead atoms. The number of hydrogen-bond donors (Lipinski definition) is 1. The second-order valence-corrected chi connectivity index (χ2v) is 6.65. The fourth-order valence-electron chi connectivity index (χ4n) is 2.63. The first-order chi connectivity index (χ1) is 10.0. The Bertz CT molecular complexity index is 471. The summed E-state index contributed by atoms with van der Waals surface area (Å²) in [7, 11) is 0. The van der Waals surface area contributed by atoms with E-state index in [1.165, 1.54) is 0 Å². The summed E-state index contributed by atoms with van der Waals surface area (Å²) in [6.07, 6.45) is 0. The van der Waals surface area contributed by atoms with E-state index in [0.29, 0.717) is 21.8 Å². The van der Waals surface area contributed by atoms with E-state index in [2.05, 4.69) is 33.9 Å². The second kappa shape index (κ2) is 7.52. The summed E-state index contributed by atoms with van der Waals surface area (Å²) in [5.41, 5.74) is 0. The van der Waals surface area contributed by atoms with Crippen molar-refractivity contribution in [2.24, 2.45) is 5.92 Å². The summed E-state index contributed by atoms with van der Waals surface area (Å²) in [6, 6.07) is 1.78. The first-order valence-electron chi connectivity index (χ1n) is 7.58. The van der Waals surface area contributed by atoms with Gasteiger partial charge in [-0.15, -0.1) is 0 Å². The topological polar surface area (TPSA) is 31.4 Å². The van der Waals surface area contributed by atoms with Gasteiger partial charge in [0.1, 0.15) is 11.6 Å². The van der Waals surface area contributed by atoms with Crippen LogP contribution in [0.5, 0.6) is 0 Å². The van der Waals surface area contributed by atoms with Crippen molar-refractivity contribution in [1.82, 2.24) is 9.88 Å². The molecule has 1 aromatic heterocycles. The third-order valence-electron chi connectivity index (χ3n) is 3.55. The van der Waals surface area contributed by atoms with Gasteiger partial charge in [0.15, 0.2) is 0 Å². The number of aromatic nitrogens is 1. The molecule has 0 aliphatic carbocycles. The van der Waals surface area contributed by atoms with Crippen molar-refractivity contribution < 1.29 is 0 Å². The molecular weight excluding hydrogens is 307 g/mol. The molecule has 2 rings (SSSR count). The molecule has 1 aliphatic heterocycles. The van der Waals surface area contributed by atoms with Gasteiger partial charge in [0.2, 0.25) is 0 Å². The van der Waals surface area contributed by atoms with Crippen molar-refractivity contribution in [3.63, 3.8) is 0 Å². The first-order valence-corrected chi connectivity index (χ1v) is 8.34. The summed E-state index contributed by atoms with van der Waals surface area (Å²) < 4.78 is 0. The average Bonchev–Trinajstić information content (AvgIpc) is 2.42. The smallest absolute Gasteiger partial charge is 0.150 e. The first kappa shape index (κ1) is 16.7. The Morgan fingerprint density at radius 3 is 2.43 bits per heavy atom. The zero-order valence-electron chi connectivity index (χ0n) is 13.0. The lowest BCUT2D eigenvalue weighted by atomic mass is 10.2. The molecule has 0 atom stereocenters. The van der Waals surface area contributed by atoms with Crippen LogP contribution in [0.1, 0.15) is 20.8 Å². The summed E-state index contributed by atoms with van der Waals surface area (Å²) >= 11 is 12.5. The Hall–Kier alpha value is -0.710. The van der Waals surface area contributed by atoms with Crippen LogP contribution in [-0.2, 0) is 0 Å². The zero-order valence-corrected chi connectivity index (χ0v) is 14.5. The molecule has 6 heteroatoms. The highest BCUT2D eigenvalue weighted by Gasteiger charge is 2.21. The molecule has 118 valence electrons. The van der Waals surface area contributed by atoms with Crippen molar-refractivity contribution in [2.75, 3.05) is 49.5 Å². The lowest BCUT2D eigenvalue weighted by Crippen LogP contribution is -2.47. The largest absolute Gasteiger partial charge is 0.369 e. The highest BCUT2D eigenvalue weighted by atomic mass is 35.5. The van der Waals surface area contributed by atoms with E-state index in [9.17, 15) is 0 Å². The number of nitrogens with one attached hydrogen (secondary N) is 1. The third kappa shape index (κ3) is 4.38. The predicted molar refractivity (Wildman–Crippen MR) is 91.9 cm³/mol. The summed E-state index contributed by atoms with van der Waals surface area (Å²) in [4.78, 5) is 9.35. The molecule has 21 heavy (non-hydrogen) atoms. The number of rotatable bonds is 5. The van der Waals surface area contributed by atoms with Crippen LogP contribution in [0.3, 0.4) is 0 Å². The van der Waals surface area contributed by atoms with Gasteiger partial charge in [0, 0.05) is 39.3 Å². The van der Waals surface area contributed by atoms with Crippen LogP contribution in [-0.4, -0.2) is 49.2 Å². The van der Waals surface area contributed by atoms with Crippen LogP contribution in [0.25, 0.3) is 0 Å². The highest BCUT2D eigenvalue weighted by Crippen LogP contribution is 2.31. The molecule has 1 aromatic rings. The van der Waals surface area contributed by atoms with Crippen molar-refractivity contribution >= 4 is 34.8 Å². The van der Waals surface area contributed by atoms with E-state index >= 15 is 0 Å². The Morgan fingerprint density at radius 2 is 1.86 bits per heavy atom. The van der Waals surface area contributed by atoms with Crippen LogP contribution in [0.15, 0.2) is 6.07 Å². The standard InChI is InChI=1S/C15H24Cl2N4/c1-4-18-14-12(16)9-13(17)15(19-14)21-7-5-20(6-8-21)10-11(2)3/h9,11H,4-8,10H2,1-3H3,(H,18,19). The van der Waals surface area contributed by atoms with Crippen LogP contribution in [0, 0.1) is 5.92 Å². The number of halogens is 2. The average molecular weight is 331 g/mol. The number of hydrogen-bond acceptors (Lipinski definition) is 4. The molecule has 0 unspecified atom stereocenters. The molecule has 0 aromatic carbocycles. The van der Waals surface area contributed by atoms with Crippen molar-refractivity contribution in [2.45, 2.75) is 20.8 Å². The van der Waals surface area contributed by atoms with E-state index in [1.54, 1.807) is 6.07 Å². The Labute approximate surface area is 137 Å². The highest BCUT2D eigenvalue weighted by molar-refractivity contribution is 6.37. The fourth-order valence-corrected chi connectivity index (χ4v) is 3.17. The molecule has 1 aliphatic rings. The van der Waals surface area contributed by atoms with Crippen molar-refractivity contribution in [3.8, 4) is 0 Å². The molecule has 0 radical (unpaired) electrons. The Balaban J connectivity index is 2.07. The molecule has 0 amide bonds. The SMILES string of the molecule is CCNc1nc(N2CCN(CC(C)C)CC2)c(Cl)cc1Cl. The van der Waals surface area contributed by atoms with Crippen LogP contribution >= 0.6 is 23.2 Å². The summed E-state index contributed by atoms with van der Waals surface area (Å²) in [5.74, 6) is 2.25. The van der Waals surface area contributed by atoms with E-state index < -0.39 is 0 Å². The Morgan fingerprint density at radius 1 is 1.19 bits per heavy atom. The molecule has 0 saturated carbocycles. The van der Waals surface area contributed by atoms with E-state index in [0.717, 1.165) is 45.1 Å². The van der Waals surface area contributed by atoms with Gasteiger partial charge < -0.3 is 10.2 Å². The van der Waals surface area contributed by atoms with Crippen LogP contribution in [0.2, 0.25) is 10.0 Å². The number of pyridine rings is 1. The van der Waals surface area contributed by atoms with Gasteiger partial charge in [-0.25, -0.2) is 4.98 Å². The van der Waals surface area contributed by atoms with Gasteiger partial charge in [0.25, 0.3) is 0 Å². The number of piperazine rings is 1.